The first kappa shape index (κ1) is 50.0. The van der Waals surface area contributed by atoms with E-state index in [-0.39, 0.29) is 55.7 Å². The van der Waals surface area contributed by atoms with E-state index in [2.05, 4.69) is 16.0 Å². The van der Waals surface area contributed by atoms with Crippen LogP contribution >= 0.6 is 16.3 Å². The fourth-order valence-corrected chi connectivity index (χ4v) is 8.49. The number of carbonyl (C=O) groups excluding carboxylic acids is 2. The first-order valence-electron chi connectivity index (χ1n) is 20.2. The first-order valence-corrected chi connectivity index (χ1v) is 22.6. The van der Waals surface area contributed by atoms with E-state index in [1.54, 1.807) is 13.7 Å². The van der Waals surface area contributed by atoms with Gasteiger partial charge in [0, 0.05) is 37.0 Å². The average Bonchev–Trinajstić information content (AvgIpc) is 3.20. The van der Waals surface area contributed by atoms with Crippen LogP contribution in [0.4, 0.5) is 0 Å². The van der Waals surface area contributed by atoms with Crippen molar-refractivity contribution in [2.75, 3.05) is 27.6 Å². The molecule has 0 radical (unpaired) electrons. The van der Waals surface area contributed by atoms with E-state index in [1.165, 1.54) is 14.2 Å². The Morgan fingerprint density at radius 3 is 2.56 bits per heavy atom. The number of ketones is 1. The van der Waals surface area contributed by atoms with Crippen LogP contribution < -0.4 is 0 Å². The van der Waals surface area contributed by atoms with Crippen LogP contribution in [0.25, 0.3) is 0 Å². The van der Waals surface area contributed by atoms with Crippen molar-refractivity contribution in [3.63, 3.8) is 0 Å². The molecule has 2 N–H and O–H groups in total. The molecule has 3 aliphatic rings. The molecule has 11 atom stereocenters. The summed E-state index contributed by atoms with van der Waals surface area (Å²) in [5.74, 6) is -3.07. The maximum absolute atomic E-state index is 14.3. The van der Waals surface area contributed by atoms with Crippen LogP contribution in [0.1, 0.15) is 84.1 Å². The average molecular weight is 880 g/mol. The number of aliphatic hydroxyl groups excluding tert-OH is 2. The molecule has 3 aliphatic heterocycles. The molecule has 13 nitrogen and oxygen atoms in total. The molecule has 1 aromatic rings. The third-order valence-corrected chi connectivity index (χ3v) is 11.9. The number of Topliss-reactive ketones (excluding diaryl/α,β-unsaturated/α-hetero) is 1. The predicted molar refractivity (Wildman–Crippen MR) is 230 cm³/mol. The van der Waals surface area contributed by atoms with Crippen LogP contribution in [0, 0.1) is 5.41 Å². The molecule has 3 saturated heterocycles. The second-order valence-electron chi connectivity index (χ2n) is 16.1. The second kappa shape index (κ2) is 24.8. The van der Waals surface area contributed by atoms with Crippen LogP contribution in [0.5, 0.6) is 0 Å². The smallest absolute Gasteiger partial charge is 0.466 e. The Kier molecular flexibility index (Phi) is 21.0. The van der Waals surface area contributed by atoms with E-state index in [4.69, 9.17) is 54.1 Å². The number of carbonyl (C=O) groups is 2. The summed E-state index contributed by atoms with van der Waals surface area (Å²) in [6, 6.07) is 9.68. The van der Waals surface area contributed by atoms with E-state index >= 15 is 0 Å². The van der Waals surface area contributed by atoms with E-state index in [0.29, 0.717) is 65.0 Å². The molecule has 1 aromatic carbocycles. The third kappa shape index (κ3) is 15.3. The second-order valence-corrected chi connectivity index (χ2v) is 17.4. The molecule has 4 rings (SSSR count). The van der Waals surface area contributed by atoms with Gasteiger partial charge in [-0.3, -0.25) is 4.79 Å². The molecular formula is C42H62BO13P2S+. The van der Waals surface area contributed by atoms with Gasteiger partial charge in [0.05, 0.1) is 32.0 Å². The number of aliphatic hydroxyl groups is 2. The summed E-state index contributed by atoms with van der Waals surface area (Å²) in [7, 11) is 4.95. The Labute approximate surface area is 358 Å². The Balaban J connectivity index is 1.42. The zero-order chi connectivity index (χ0) is 43.0. The monoisotopic (exact) mass is 879 g/mol. The third-order valence-electron chi connectivity index (χ3n) is 11.0. The molecule has 0 amide bonds. The number of hydrogen-bond donors (Lipinski definition) is 2. The van der Waals surface area contributed by atoms with Crippen LogP contribution in [0.3, 0.4) is 0 Å². The molecular weight excluding hydrogens is 817 g/mol. The number of hydrogen-bond acceptors (Lipinski definition) is 14. The van der Waals surface area contributed by atoms with Gasteiger partial charge in [0.15, 0.2) is 0 Å². The number of methoxy groups -OCH3 is 2. The summed E-state index contributed by atoms with van der Waals surface area (Å²) >= 11 is 4.87. The SMILES string of the molecule is C=C1C[C@@H](C[C@H]2C[C@@H](O)C[C@@H](C[C@H](CCOB=[P+]=S)OP)O2)O[C@@H](/C=C/C(C)(C)[C@]2(OC)O[C@H](C[C@@H](O)[C@@H](C)OCOCc3ccccc3)C/C(=C\C(=O)OC)C2=O)C1. The van der Waals surface area contributed by atoms with Crippen molar-refractivity contribution in [1.82, 2.24) is 0 Å². The van der Waals surface area contributed by atoms with Crippen LogP contribution in [-0.4, -0.2) is 117 Å². The van der Waals surface area contributed by atoms with Gasteiger partial charge >= 0.3 is 152 Å². The number of ether oxygens (including phenoxy) is 7. The summed E-state index contributed by atoms with van der Waals surface area (Å²) in [6.07, 6.45) is 5.14. The van der Waals surface area contributed by atoms with Gasteiger partial charge in [0.25, 0.3) is 0 Å². The van der Waals surface area contributed by atoms with Crippen molar-refractivity contribution >= 4 is 46.7 Å². The molecule has 59 heavy (non-hydrogen) atoms. The topological polar surface area (TPSA) is 158 Å². The summed E-state index contributed by atoms with van der Waals surface area (Å²) in [5, 5.41) is 22.0. The molecule has 0 spiro atoms. The summed E-state index contributed by atoms with van der Waals surface area (Å²) in [5.41, 5.74) is 1.07. The summed E-state index contributed by atoms with van der Waals surface area (Å²) < 4.78 is 52.9. The molecule has 0 bridgehead atoms. The minimum Gasteiger partial charge on any atom is -0.466 e. The van der Waals surface area contributed by atoms with Crippen LogP contribution in [-0.2, 0) is 70.3 Å². The van der Waals surface area contributed by atoms with Crippen LogP contribution in [0.2, 0.25) is 0 Å². The molecule has 17 heteroatoms. The van der Waals surface area contributed by atoms with E-state index < -0.39 is 47.4 Å². The molecule has 326 valence electrons. The molecule has 0 aliphatic carbocycles. The fraction of sp³-hybridized carbons (Fsp3) is 0.667. The predicted octanol–water partition coefficient (Wildman–Crippen LogP) is 6.02. The normalized spacial score (nSPS) is 28.9. The Hall–Kier alpha value is -1.68. The van der Waals surface area contributed by atoms with Gasteiger partial charge in [0.2, 0.25) is 11.6 Å². The minimum absolute atomic E-state index is 0.0306. The van der Waals surface area contributed by atoms with Gasteiger partial charge in [0.1, 0.15) is 6.79 Å². The van der Waals surface area contributed by atoms with Gasteiger partial charge < -0.3 is 28.8 Å². The maximum atomic E-state index is 14.3. The van der Waals surface area contributed by atoms with Crippen molar-refractivity contribution in [2.24, 2.45) is 5.41 Å². The fourth-order valence-electron chi connectivity index (χ4n) is 7.89. The molecule has 3 fully saturated rings. The van der Waals surface area contributed by atoms with Gasteiger partial charge in [-0.1, -0.05) is 62.9 Å². The van der Waals surface area contributed by atoms with Gasteiger partial charge in [-0.05, 0) is 18.9 Å². The molecule has 0 saturated carbocycles. The molecule has 3 heterocycles. The van der Waals surface area contributed by atoms with E-state index in [9.17, 15) is 19.8 Å². The molecule has 1 unspecified atom stereocenters. The van der Waals surface area contributed by atoms with Gasteiger partial charge in [-0.15, -0.1) is 0 Å². The van der Waals surface area contributed by atoms with Crippen molar-refractivity contribution in [2.45, 2.75) is 146 Å². The minimum atomic E-state index is -1.87. The van der Waals surface area contributed by atoms with Crippen molar-refractivity contribution < 1.29 is 62.1 Å². The quantitative estimate of drug-likeness (QED) is 0.0265. The van der Waals surface area contributed by atoms with E-state index in [0.717, 1.165) is 17.2 Å². The zero-order valence-electron chi connectivity index (χ0n) is 34.9. The standard InChI is InChI=1S/C42H62BO13P2S/c1-27-16-32(53-34(17-27)23-36-21-31(44)20-35(54-36)22-33(56-57)13-15-52-43-58-59)12-14-41(3,4)42(49-6)40(47)30(19-39(46)48-5)18-37(55-42)24-38(45)28(2)51-26-50-25-29-10-8-7-9-11-29/h7-12,14,19,28,31-38,44-45H,1,13,15-18,20-26,57H2,2-6H3/q+1/b14-12+,30-19+/t28-,31+,32+,33+,34+,35+,36-,37+,38-,42-/m1/s1. The summed E-state index contributed by atoms with van der Waals surface area (Å²) in [6.45, 7) is 12.7. The Morgan fingerprint density at radius 1 is 1.12 bits per heavy atom. The van der Waals surface area contributed by atoms with Gasteiger partial charge in [-0.25, -0.2) is 4.79 Å². The number of rotatable bonds is 22. The van der Waals surface area contributed by atoms with Crippen molar-refractivity contribution in [3.05, 3.63) is 71.8 Å². The van der Waals surface area contributed by atoms with Gasteiger partial charge in [-0.2, -0.15) is 0 Å². The van der Waals surface area contributed by atoms with Crippen molar-refractivity contribution in [1.29, 1.82) is 0 Å². The number of esters is 1. The Morgan fingerprint density at radius 2 is 1.86 bits per heavy atom. The first-order chi connectivity index (χ1) is 28.2. The van der Waals surface area contributed by atoms with Crippen molar-refractivity contribution in [3.8, 4) is 0 Å². The molecule has 0 aromatic heterocycles. The van der Waals surface area contributed by atoms with Crippen LogP contribution in [0.15, 0.2) is 66.3 Å². The summed E-state index contributed by atoms with van der Waals surface area (Å²) in [4.78, 5) is 26.7. The zero-order valence-corrected chi connectivity index (χ0v) is 37.8. The Bertz CT molecular complexity index is 1630. The number of benzene rings is 1. The van der Waals surface area contributed by atoms with E-state index in [1.807, 2.05) is 56.3 Å².